The fourth-order valence-corrected chi connectivity index (χ4v) is 3.61. The second kappa shape index (κ2) is 9.70. The van der Waals surface area contributed by atoms with E-state index >= 15 is 0 Å². The molecule has 5 heteroatoms. The number of aryl methyl sites for hydroxylation is 1. The van der Waals surface area contributed by atoms with Crippen molar-refractivity contribution < 1.29 is 9.59 Å². The molecular weight excluding hydrogens is 404 g/mol. The molecule has 2 N–H and O–H groups in total. The van der Waals surface area contributed by atoms with Gasteiger partial charge in [0.15, 0.2) is 0 Å². The fraction of sp³-hybridized carbons (Fsp3) is 0.364. The Balaban J connectivity index is 2.13. The van der Waals surface area contributed by atoms with E-state index in [1.54, 1.807) is 6.07 Å². The molecule has 4 nitrogen and oxygen atoms in total. The standard InChI is InChI=1S/C22H27BrN2O2/c1-14(2)13-20(25-21(26)17-10-6-5-9-15(17)3)22(27)24-16(4)18-11-7-8-12-19(18)23/h5-12,14,16,20H,13H2,1-4H3,(H,24,27)(H,25,26)/t16-,20-/m0/s1. The van der Waals surface area contributed by atoms with Crippen molar-refractivity contribution >= 4 is 27.7 Å². The Hall–Kier alpha value is -2.14. The summed E-state index contributed by atoms with van der Waals surface area (Å²) in [5.74, 6) is -0.118. The quantitative estimate of drug-likeness (QED) is 0.663. The largest absolute Gasteiger partial charge is 0.348 e. The van der Waals surface area contributed by atoms with Gasteiger partial charge in [0.2, 0.25) is 5.91 Å². The first-order valence-corrected chi connectivity index (χ1v) is 10.00. The number of hydrogen-bond acceptors (Lipinski definition) is 2. The molecule has 0 radical (unpaired) electrons. The molecule has 144 valence electrons. The van der Waals surface area contributed by atoms with Gasteiger partial charge in [0.1, 0.15) is 6.04 Å². The van der Waals surface area contributed by atoms with Crippen molar-refractivity contribution in [1.82, 2.24) is 10.6 Å². The van der Waals surface area contributed by atoms with Crippen molar-refractivity contribution in [3.63, 3.8) is 0 Å². The average molecular weight is 431 g/mol. The Morgan fingerprint density at radius 3 is 2.22 bits per heavy atom. The molecule has 0 unspecified atom stereocenters. The summed E-state index contributed by atoms with van der Waals surface area (Å²) in [4.78, 5) is 25.6. The Kier molecular flexibility index (Phi) is 7.60. The van der Waals surface area contributed by atoms with Crippen molar-refractivity contribution in [2.75, 3.05) is 0 Å². The number of rotatable bonds is 7. The van der Waals surface area contributed by atoms with Crippen LogP contribution in [0.4, 0.5) is 0 Å². The van der Waals surface area contributed by atoms with Crippen LogP contribution < -0.4 is 10.6 Å². The molecule has 0 fully saturated rings. The normalized spacial score (nSPS) is 13.1. The zero-order valence-corrected chi connectivity index (χ0v) is 17.8. The lowest BCUT2D eigenvalue weighted by Crippen LogP contribution is -2.48. The SMILES string of the molecule is Cc1ccccc1C(=O)N[C@@H](CC(C)C)C(=O)N[C@@H](C)c1ccccc1Br. The summed E-state index contributed by atoms with van der Waals surface area (Å²) in [6.45, 7) is 7.91. The lowest BCUT2D eigenvalue weighted by molar-refractivity contribution is -0.124. The van der Waals surface area contributed by atoms with Gasteiger partial charge in [-0.3, -0.25) is 9.59 Å². The van der Waals surface area contributed by atoms with Gasteiger partial charge in [-0.15, -0.1) is 0 Å². The third kappa shape index (κ3) is 5.93. The molecule has 0 heterocycles. The first-order valence-electron chi connectivity index (χ1n) is 9.21. The van der Waals surface area contributed by atoms with Gasteiger partial charge in [-0.1, -0.05) is 66.2 Å². The van der Waals surface area contributed by atoms with Crippen LogP contribution >= 0.6 is 15.9 Å². The second-order valence-electron chi connectivity index (χ2n) is 7.22. The van der Waals surface area contributed by atoms with E-state index in [0.29, 0.717) is 12.0 Å². The number of carbonyl (C=O) groups excluding carboxylic acids is 2. The third-order valence-electron chi connectivity index (χ3n) is 4.45. The monoisotopic (exact) mass is 430 g/mol. The highest BCUT2D eigenvalue weighted by molar-refractivity contribution is 9.10. The smallest absolute Gasteiger partial charge is 0.252 e. The van der Waals surface area contributed by atoms with E-state index in [1.807, 2.05) is 70.2 Å². The lowest BCUT2D eigenvalue weighted by atomic mass is 10.0. The van der Waals surface area contributed by atoms with Crippen LogP contribution in [0.1, 0.15) is 54.7 Å². The van der Waals surface area contributed by atoms with Crippen LogP contribution in [-0.2, 0) is 4.79 Å². The molecule has 2 aromatic rings. The van der Waals surface area contributed by atoms with E-state index in [4.69, 9.17) is 0 Å². The van der Waals surface area contributed by atoms with Crippen LogP contribution in [0.2, 0.25) is 0 Å². The van der Waals surface area contributed by atoms with Gasteiger partial charge in [0, 0.05) is 10.0 Å². The maximum absolute atomic E-state index is 12.9. The van der Waals surface area contributed by atoms with Gasteiger partial charge in [-0.2, -0.15) is 0 Å². The van der Waals surface area contributed by atoms with Crippen LogP contribution in [0.5, 0.6) is 0 Å². The molecule has 27 heavy (non-hydrogen) atoms. The fourth-order valence-electron chi connectivity index (χ4n) is 2.98. The molecule has 0 aromatic heterocycles. The molecule has 2 rings (SSSR count). The minimum Gasteiger partial charge on any atom is -0.348 e. The number of amides is 2. The summed E-state index contributed by atoms with van der Waals surface area (Å²) in [7, 11) is 0. The molecule has 0 saturated heterocycles. The highest BCUT2D eigenvalue weighted by Gasteiger charge is 2.24. The van der Waals surface area contributed by atoms with Gasteiger partial charge < -0.3 is 10.6 Å². The Bertz CT molecular complexity index is 804. The summed E-state index contributed by atoms with van der Waals surface area (Å²) in [5.41, 5.74) is 2.48. The van der Waals surface area contributed by atoms with Crippen molar-refractivity contribution in [1.29, 1.82) is 0 Å². The first kappa shape index (κ1) is 21.2. The van der Waals surface area contributed by atoms with Crippen LogP contribution in [0.3, 0.4) is 0 Å². The van der Waals surface area contributed by atoms with Crippen LogP contribution in [-0.4, -0.2) is 17.9 Å². The summed E-state index contributed by atoms with van der Waals surface area (Å²) in [6.07, 6.45) is 0.576. The Morgan fingerprint density at radius 2 is 1.59 bits per heavy atom. The van der Waals surface area contributed by atoms with E-state index < -0.39 is 6.04 Å². The van der Waals surface area contributed by atoms with E-state index in [9.17, 15) is 9.59 Å². The van der Waals surface area contributed by atoms with Crippen LogP contribution in [0, 0.1) is 12.8 Å². The lowest BCUT2D eigenvalue weighted by Gasteiger charge is -2.23. The minimum absolute atomic E-state index is 0.168. The predicted molar refractivity (Wildman–Crippen MR) is 113 cm³/mol. The Labute approximate surface area is 169 Å². The molecule has 0 saturated carbocycles. The van der Waals surface area contributed by atoms with Crippen molar-refractivity contribution in [2.45, 2.75) is 46.2 Å². The highest BCUT2D eigenvalue weighted by Crippen LogP contribution is 2.23. The number of halogens is 1. The number of hydrogen-bond donors (Lipinski definition) is 2. The molecule has 2 aromatic carbocycles. The summed E-state index contributed by atoms with van der Waals surface area (Å²) < 4.78 is 0.946. The summed E-state index contributed by atoms with van der Waals surface area (Å²) in [5, 5.41) is 5.94. The molecule has 0 spiro atoms. The van der Waals surface area contributed by atoms with E-state index in [-0.39, 0.29) is 23.8 Å². The molecule has 0 aliphatic carbocycles. The molecule has 2 amide bonds. The number of carbonyl (C=O) groups is 2. The van der Waals surface area contributed by atoms with Crippen LogP contribution in [0.25, 0.3) is 0 Å². The van der Waals surface area contributed by atoms with Crippen LogP contribution in [0.15, 0.2) is 53.0 Å². The Morgan fingerprint density at radius 1 is 0.963 bits per heavy atom. The topological polar surface area (TPSA) is 58.2 Å². The van der Waals surface area contributed by atoms with Gasteiger partial charge in [-0.05, 0) is 49.4 Å². The molecule has 2 atom stereocenters. The molecular formula is C22H27BrN2O2. The van der Waals surface area contributed by atoms with E-state index in [2.05, 4.69) is 26.6 Å². The summed E-state index contributed by atoms with van der Waals surface area (Å²) in [6, 6.07) is 14.4. The number of nitrogens with one attached hydrogen (secondary N) is 2. The maximum atomic E-state index is 12.9. The zero-order valence-electron chi connectivity index (χ0n) is 16.3. The molecule has 0 bridgehead atoms. The maximum Gasteiger partial charge on any atom is 0.252 e. The van der Waals surface area contributed by atoms with Gasteiger partial charge in [0.05, 0.1) is 6.04 Å². The van der Waals surface area contributed by atoms with Crippen molar-refractivity contribution in [2.24, 2.45) is 5.92 Å². The molecule has 0 aliphatic rings. The number of benzene rings is 2. The van der Waals surface area contributed by atoms with Gasteiger partial charge in [0.25, 0.3) is 5.91 Å². The second-order valence-corrected chi connectivity index (χ2v) is 8.08. The van der Waals surface area contributed by atoms with Crippen molar-refractivity contribution in [3.8, 4) is 0 Å². The van der Waals surface area contributed by atoms with Gasteiger partial charge >= 0.3 is 0 Å². The third-order valence-corrected chi connectivity index (χ3v) is 5.17. The van der Waals surface area contributed by atoms with E-state index in [1.165, 1.54) is 0 Å². The minimum atomic E-state index is -0.581. The zero-order chi connectivity index (χ0) is 20.0. The average Bonchev–Trinajstić information content (AvgIpc) is 2.61. The first-order chi connectivity index (χ1) is 12.8. The summed E-state index contributed by atoms with van der Waals surface area (Å²) >= 11 is 3.52. The predicted octanol–water partition coefficient (Wildman–Crippen LogP) is 4.78. The highest BCUT2D eigenvalue weighted by atomic mass is 79.9. The van der Waals surface area contributed by atoms with Crippen molar-refractivity contribution in [3.05, 3.63) is 69.7 Å². The molecule has 0 aliphatic heterocycles. The van der Waals surface area contributed by atoms with E-state index in [0.717, 1.165) is 15.6 Å². The van der Waals surface area contributed by atoms with Gasteiger partial charge in [-0.25, -0.2) is 0 Å².